The van der Waals surface area contributed by atoms with Crippen LogP contribution in [0.5, 0.6) is 0 Å². The van der Waals surface area contributed by atoms with Crippen molar-refractivity contribution < 1.29 is 24.3 Å². The van der Waals surface area contributed by atoms with Crippen molar-refractivity contribution in [2.75, 3.05) is 13.1 Å². The van der Waals surface area contributed by atoms with Gasteiger partial charge in [-0.3, -0.25) is 14.5 Å². The van der Waals surface area contributed by atoms with Crippen molar-refractivity contribution in [1.82, 2.24) is 19.6 Å². The molecular formula is C19H30N4O5. The Hall–Kier alpha value is -2.68. The number of rotatable bonds is 5. The molecule has 1 aliphatic heterocycles. The lowest BCUT2D eigenvalue weighted by molar-refractivity contribution is -0.123. The fraction of sp³-hybridized carbons (Fsp3) is 0.579. The summed E-state index contributed by atoms with van der Waals surface area (Å²) in [5.74, 6) is 3.19. The van der Waals surface area contributed by atoms with E-state index in [0.717, 1.165) is 43.5 Å². The van der Waals surface area contributed by atoms with Gasteiger partial charge in [0.15, 0.2) is 0 Å². The molecule has 1 fully saturated rings. The third-order valence-electron chi connectivity index (χ3n) is 4.51. The Morgan fingerprint density at radius 1 is 1.32 bits per heavy atom. The summed E-state index contributed by atoms with van der Waals surface area (Å²) in [5.41, 5.74) is 1.06. The topological polar surface area (TPSA) is 122 Å². The van der Waals surface area contributed by atoms with Gasteiger partial charge in [-0.1, -0.05) is 19.0 Å². The molecule has 0 bridgehead atoms. The molecule has 1 aliphatic rings. The SMILES string of the molecule is Cc1nccn1CC1CCCN(Cc2cc(C(C)C)on2)C1.O=CO.O=CO. The minimum absolute atomic E-state index is 0.250. The smallest absolute Gasteiger partial charge is 0.290 e. The number of carboxylic acid groups (broad SMARTS) is 2. The highest BCUT2D eigenvalue weighted by Crippen LogP contribution is 2.22. The minimum atomic E-state index is -0.250. The molecule has 2 aromatic heterocycles. The first-order valence-electron chi connectivity index (χ1n) is 9.26. The van der Waals surface area contributed by atoms with Gasteiger partial charge in [0.1, 0.15) is 11.6 Å². The molecule has 1 saturated heterocycles. The van der Waals surface area contributed by atoms with Gasteiger partial charge in [0, 0.05) is 44.0 Å². The van der Waals surface area contributed by atoms with Crippen LogP contribution >= 0.6 is 0 Å². The van der Waals surface area contributed by atoms with Crippen LogP contribution in [0.4, 0.5) is 0 Å². The van der Waals surface area contributed by atoms with Gasteiger partial charge in [0.05, 0.1) is 5.69 Å². The Balaban J connectivity index is 0.000000582. The number of aryl methyl sites for hydroxylation is 1. The summed E-state index contributed by atoms with van der Waals surface area (Å²) < 4.78 is 7.67. The molecule has 28 heavy (non-hydrogen) atoms. The summed E-state index contributed by atoms with van der Waals surface area (Å²) in [6.45, 7) is 10.1. The van der Waals surface area contributed by atoms with E-state index in [2.05, 4.69) is 52.6 Å². The maximum atomic E-state index is 8.36. The van der Waals surface area contributed by atoms with Crippen molar-refractivity contribution >= 4 is 12.9 Å². The van der Waals surface area contributed by atoms with Crippen molar-refractivity contribution in [3.8, 4) is 0 Å². The molecule has 9 nitrogen and oxygen atoms in total. The van der Waals surface area contributed by atoms with Gasteiger partial charge in [-0.15, -0.1) is 0 Å². The van der Waals surface area contributed by atoms with Crippen LogP contribution in [-0.2, 0) is 22.7 Å². The first kappa shape index (κ1) is 23.4. The van der Waals surface area contributed by atoms with Crippen LogP contribution in [0.25, 0.3) is 0 Å². The van der Waals surface area contributed by atoms with Crippen LogP contribution < -0.4 is 0 Å². The number of piperidine rings is 1. The standard InChI is InChI=1S/C17H26N4O.2CH2O2/c1-13(2)17-9-16(19-22-17)12-20-7-4-5-15(10-20)11-21-8-6-18-14(21)3;2*2-1-3/h6,8-9,13,15H,4-5,7,10-12H2,1-3H3;2*1H,(H,2,3). The summed E-state index contributed by atoms with van der Waals surface area (Å²) in [4.78, 5) is 23.5. The average molecular weight is 394 g/mol. The average Bonchev–Trinajstić information content (AvgIpc) is 3.26. The minimum Gasteiger partial charge on any atom is -0.483 e. The summed E-state index contributed by atoms with van der Waals surface area (Å²) in [6.07, 6.45) is 6.52. The molecule has 156 valence electrons. The van der Waals surface area contributed by atoms with E-state index in [4.69, 9.17) is 24.3 Å². The van der Waals surface area contributed by atoms with Gasteiger partial charge >= 0.3 is 0 Å². The maximum absolute atomic E-state index is 8.36. The number of likely N-dealkylation sites (tertiary alicyclic amines) is 1. The van der Waals surface area contributed by atoms with Crippen LogP contribution in [0.3, 0.4) is 0 Å². The summed E-state index contributed by atoms with van der Waals surface area (Å²) >= 11 is 0. The number of carbonyl (C=O) groups is 2. The van der Waals surface area contributed by atoms with Gasteiger partial charge in [0.25, 0.3) is 12.9 Å². The Labute approximate surface area is 165 Å². The Morgan fingerprint density at radius 3 is 2.54 bits per heavy atom. The predicted octanol–water partition coefficient (Wildman–Crippen LogP) is 2.62. The van der Waals surface area contributed by atoms with Crippen molar-refractivity contribution in [1.29, 1.82) is 0 Å². The van der Waals surface area contributed by atoms with E-state index in [-0.39, 0.29) is 12.9 Å². The second-order valence-corrected chi connectivity index (χ2v) is 6.96. The van der Waals surface area contributed by atoms with Crippen LogP contribution in [0.1, 0.15) is 49.9 Å². The molecule has 0 spiro atoms. The number of hydrogen-bond donors (Lipinski definition) is 2. The summed E-state index contributed by atoms with van der Waals surface area (Å²) in [5, 5.41) is 18.0. The molecule has 3 heterocycles. The van der Waals surface area contributed by atoms with E-state index in [1.807, 2.05) is 6.20 Å². The number of hydrogen-bond acceptors (Lipinski definition) is 6. The van der Waals surface area contributed by atoms with E-state index < -0.39 is 0 Å². The lowest BCUT2D eigenvalue weighted by atomic mass is 9.97. The largest absolute Gasteiger partial charge is 0.483 e. The normalized spacial score (nSPS) is 16.5. The molecule has 1 atom stereocenters. The molecule has 0 amide bonds. The van der Waals surface area contributed by atoms with E-state index in [9.17, 15) is 0 Å². The molecule has 0 saturated carbocycles. The van der Waals surface area contributed by atoms with Gasteiger partial charge in [-0.2, -0.15) is 0 Å². The lowest BCUT2D eigenvalue weighted by Gasteiger charge is -2.32. The number of imidazole rings is 1. The highest BCUT2D eigenvalue weighted by atomic mass is 16.5. The van der Waals surface area contributed by atoms with Crippen molar-refractivity contribution in [3.05, 3.63) is 35.7 Å². The highest BCUT2D eigenvalue weighted by Gasteiger charge is 2.22. The third-order valence-corrected chi connectivity index (χ3v) is 4.51. The van der Waals surface area contributed by atoms with Crippen LogP contribution in [-0.4, -0.2) is 55.9 Å². The lowest BCUT2D eigenvalue weighted by Crippen LogP contribution is -2.36. The highest BCUT2D eigenvalue weighted by molar-refractivity contribution is 5.33. The quantitative estimate of drug-likeness (QED) is 0.742. The second kappa shape index (κ2) is 12.7. The third kappa shape index (κ3) is 7.91. The first-order valence-corrected chi connectivity index (χ1v) is 9.26. The predicted molar refractivity (Wildman–Crippen MR) is 103 cm³/mol. The number of nitrogens with zero attached hydrogens (tertiary/aromatic N) is 4. The molecule has 1 unspecified atom stereocenters. The fourth-order valence-electron chi connectivity index (χ4n) is 3.22. The summed E-state index contributed by atoms with van der Waals surface area (Å²) in [7, 11) is 0. The van der Waals surface area contributed by atoms with Crippen molar-refractivity contribution in [2.45, 2.75) is 52.6 Å². The van der Waals surface area contributed by atoms with Gasteiger partial charge in [-0.05, 0) is 32.2 Å². The zero-order valence-corrected chi connectivity index (χ0v) is 16.7. The molecule has 0 aromatic carbocycles. The van der Waals surface area contributed by atoms with E-state index >= 15 is 0 Å². The maximum Gasteiger partial charge on any atom is 0.290 e. The zero-order chi connectivity index (χ0) is 20.9. The Bertz CT molecular complexity index is 692. The molecule has 9 heteroatoms. The molecule has 3 rings (SSSR count). The van der Waals surface area contributed by atoms with Gasteiger partial charge < -0.3 is 19.3 Å². The van der Waals surface area contributed by atoms with E-state index in [0.29, 0.717) is 11.8 Å². The van der Waals surface area contributed by atoms with Crippen molar-refractivity contribution in [2.24, 2.45) is 5.92 Å². The molecular weight excluding hydrogens is 364 g/mol. The van der Waals surface area contributed by atoms with Gasteiger partial charge in [0.2, 0.25) is 0 Å². The Morgan fingerprint density at radius 2 is 2.00 bits per heavy atom. The first-order chi connectivity index (χ1) is 13.4. The zero-order valence-electron chi connectivity index (χ0n) is 16.7. The van der Waals surface area contributed by atoms with E-state index in [1.54, 1.807) is 0 Å². The van der Waals surface area contributed by atoms with Crippen LogP contribution in [0.2, 0.25) is 0 Å². The van der Waals surface area contributed by atoms with Crippen molar-refractivity contribution in [3.63, 3.8) is 0 Å². The van der Waals surface area contributed by atoms with E-state index in [1.165, 1.54) is 12.8 Å². The summed E-state index contributed by atoms with van der Waals surface area (Å²) in [6, 6.07) is 2.11. The monoisotopic (exact) mass is 394 g/mol. The molecule has 0 aliphatic carbocycles. The van der Waals surface area contributed by atoms with Gasteiger partial charge in [-0.25, -0.2) is 4.98 Å². The molecule has 2 N–H and O–H groups in total. The molecule has 0 radical (unpaired) electrons. The van der Waals surface area contributed by atoms with Crippen LogP contribution in [0.15, 0.2) is 23.0 Å². The Kier molecular flexibility index (Phi) is 10.6. The molecule has 2 aromatic rings. The number of aromatic nitrogens is 3. The fourth-order valence-corrected chi connectivity index (χ4v) is 3.22. The second-order valence-electron chi connectivity index (χ2n) is 6.96. The van der Waals surface area contributed by atoms with Crippen LogP contribution in [0, 0.1) is 12.8 Å².